The lowest BCUT2D eigenvalue weighted by atomic mass is 10.0. The molecule has 0 radical (unpaired) electrons. The Kier molecular flexibility index (Phi) is 3.99. The van der Waals surface area contributed by atoms with Crippen molar-refractivity contribution in [3.05, 3.63) is 64.6 Å². The molecule has 2 fully saturated rings. The van der Waals surface area contributed by atoms with Crippen LogP contribution in [0.5, 0.6) is 5.75 Å². The zero-order valence-corrected chi connectivity index (χ0v) is 17.7. The largest absolute Gasteiger partial charge is 0.489 e. The Hall–Kier alpha value is -3.23. The van der Waals surface area contributed by atoms with Crippen molar-refractivity contribution in [2.45, 2.75) is 38.5 Å². The van der Waals surface area contributed by atoms with E-state index in [1.54, 1.807) is 5.32 Å². The predicted octanol–water partition coefficient (Wildman–Crippen LogP) is 1.86. The fourth-order valence-electron chi connectivity index (χ4n) is 3.89. The van der Waals surface area contributed by atoms with Crippen molar-refractivity contribution in [1.29, 1.82) is 0 Å². The molecule has 5 rings (SSSR count). The fourth-order valence-corrected chi connectivity index (χ4v) is 3.89. The van der Waals surface area contributed by atoms with E-state index in [-0.39, 0.29) is 17.9 Å². The lowest BCUT2D eigenvalue weighted by Gasteiger charge is -2.29. The number of fused-ring (bicyclic) bond motifs is 1. The van der Waals surface area contributed by atoms with Crippen LogP contribution in [0.1, 0.15) is 50.8 Å². The number of carbonyl (C=O) groups excluding carboxylic acids is 3. The van der Waals surface area contributed by atoms with E-state index in [0.29, 0.717) is 23.7 Å². The van der Waals surface area contributed by atoms with Crippen LogP contribution in [0, 0.1) is 0 Å². The van der Waals surface area contributed by atoms with Gasteiger partial charge in [0.15, 0.2) is 0 Å². The highest BCUT2D eigenvalue weighted by atomic mass is 16.5. The number of imide groups is 1. The molecule has 1 unspecified atom stereocenters. The third-order valence-electron chi connectivity index (χ3n) is 5.64. The molecule has 3 heterocycles. The maximum Gasteiger partial charge on any atom is 0.255 e. The van der Waals surface area contributed by atoms with Crippen LogP contribution in [0.2, 0.25) is 0 Å². The number of morpholine rings is 1. The Balaban J connectivity index is 1.43. The van der Waals surface area contributed by atoms with Crippen LogP contribution in [0.4, 0.5) is 0 Å². The number of nitrogens with one attached hydrogen (secondary N) is 1. The average molecular weight is 458 g/mol. The molecule has 172 valence electrons. The number of piperidine rings is 1. The zero-order valence-electron chi connectivity index (χ0n) is 25.7. The van der Waals surface area contributed by atoms with Gasteiger partial charge in [0.05, 0.1) is 25.2 Å². The van der Waals surface area contributed by atoms with E-state index in [0.717, 1.165) is 25.2 Å². The Labute approximate surface area is 203 Å². The Bertz CT molecular complexity index is 1430. The van der Waals surface area contributed by atoms with Gasteiger partial charge >= 0.3 is 0 Å². The zero-order chi connectivity index (χ0) is 29.9. The van der Waals surface area contributed by atoms with Crippen LogP contribution in [0.15, 0.2) is 42.4 Å². The van der Waals surface area contributed by atoms with Gasteiger partial charge in [-0.15, -0.1) is 0 Å². The van der Waals surface area contributed by atoms with Crippen molar-refractivity contribution in [1.82, 2.24) is 15.1 Å². The molecular weight excluding hydrogens is 422 g/mol. The molecule has 2 saturated heterocycles. The first kappa shape index (κ1) is 14.1. The highest BCUT2D eigenvalue weighted by Gasteiger charge is 2.40. The summed E-state index contributed by atoms with van der Waals surface area (Å²) in [5.41, 5.74) is 1.23. The molecule has 33 heavy (non-hydrogen) atoms. The molecule has 0 bridgehead atoms. The standard InChI is InChI=1S/C25H27N3O5/c29-23-9-8-21(24(30)26-23)28-15-20-19(25(28)31)2-1-3-22(20)33-16-18-6-4-17(5-7-18)14-27-10-12-32-13-11-27/h1-7,21H,8-16H2,(H,26,29,30)/i1D,2D,3D,8D2,9D2,21D. The minimum Gasteiger partial charge on any atom is -0.489 e. The smallest absolute Gasteiger partial charge is 0.255 e. The van der Waals surface area contributed by atoms with Crippen LogP contribution in [-0.4, -0.2) is 59.8 Å². The van der Waals surface area contributed by atoms with Crippen molar-refractivity contribution in [2.75, 3.05) is 26.3 Å². The van der Waals surface area contributed by atoms with Crippen LogP contribution in [0.25, 0.3) is 0 Å². The van der Waals surface area contributed by atoms with E-state index < -0.39 is 66.7 Å². The molecule has 3 aliphatic rings. The molecule has 0 aliphatic carbocycles. The second kappa shape index (κ2) is 9.33. The van der Waals surface area contributed by atoms with Crippen molar-refractivity contribution in [2.24, 2.45) is 0 Å². The van der Waals surface area contributed by atoms with Crippen LogP contribution >= 0.6 is 0 Å². The topological polar surface area (TPSA) is 88.2 Å². The van der Waals surface area contributed by atoms with E-state index >= 15 is 0 Å². The minimum atomic E-state index is -3.49. The van der Waals surface area contributed by atoms with Gasteiger partial charge in [0, 0.05) is 42.6 Å². The Morgan fingerprint density at radius 2 is 1.91 bits per heavy atom. The number of hydrogen-bond acceptors (Lipinski definition) is 6. The van der Waals surface area contributed by atoms with Gasteiger partial charge in [-0.3, -0.25) is 24.6 Å². The summed E-state index contributed by atoms with van der Waals surface area (Å²) in [5.74, 6) is -4.56. The highest BCUT2D eigenvalue weighted by Crippen LogP contribution is 2.34. The first-order valence-corrected chi connectivity index (χ1v) is 10.5. The summed E-state index contributed by atoms with van der Waals surface area (Å²) in [4.78, 5) is 41.0. The lowest BCUT2D eigenvalue weighted by molar-refractivity contribution is -0.136. The molecule has 0 spiro atoms. The average Bonchev–Trinajstić information content (AvgIpc) is 3.28. The fraction of sp³-hybridized carbons (Fsp3) is 0.400. The third kappa shape index (κ3) is 4.62. The van der Waals surface area contributed by atoms with Gasteiger partial charge in [0.1, 0.15) is 18.4 Å². The molecule has 1 N–H and O–H groups in total. The quantitative estimate of drug-likeness (QED) is 0.667. The van der Waals surface area contributed by atoms with Gasteiger partial charge in [-0.1, -0.05) is 30.3 Å². The molecule has 8 nitrogen and oxygen atoms in total. The first-order chi connectivity index (χ1) is 19.2. The molecule has 3 aliphatic heterocycles. The molecule has 2 aromatic carbocycles. The van der Waals surface area contributed by atoms with Crippen molar-refractivity contribution >= 4 is 17.7 Å². The number of hydrogen-bond donors (Lipinski definition) is 1. The van der Waals surface area contributed by atoms with Crippen molar-refractivity contribution < 1.29 is 34.8 Å². The molecule has 1 atom stereocenters. The summed E-state index contributed by atoms with van der Waals surface area (Å²) >= 11 is 0. The van der Waals surface area contributed by atoms with Gasteiger partial charge in [0.2, 0.25) is 11.8 Å². The summed E-state index contributed by atoms with van der Waals surface area (Å²) in [6.07, 6.45) is -6.84. The molecule has 0 aromatic heterocycles. The molecule has 2 aromatic rings. The number of benzene rings is 2. The normalized spacial score (nSPS) is 29.9. The maximum absolute atomic E-state index is 13.5. The predicted molar refractivity (Wildman–Crippen MR) is 119 cm³/mol. The summed E-state index contributed by atoms with van der Waals surface area (Å²) in [6.45, 7) is 3.03. The monoisotopic (exact) mass is 457 g/mol. The number of amides is 3. The lowest BCUT2D eigenvalue weighted by Crippen LogP contribution is -2.52. The van der Waals surface area contributed by atoms with E-state index in [2.05, 4.69) is 4.90 Å². The van der Waals surface area contributed by atoms with Gasteiger partial charge in [-0.25, -0.2) is 0 Å². The summed E-state index contributed by atoms with van der Waals surface area (Å²) in [7, 11) is 0. The van der Waals surface area contributed by atoms with Gasteiger partial charge in [-0.05, 0) is 29.6 Å². The van der Waals surface area contributed by atoms with E-state index in [9.17, 15) is 14.4 Å². The van der Waals surface area contributed by atoms with E-state index in [1.807, 2.05) is 24.3 Å². The minimum absolute atomic E-state index is 0.0779. The van der Waals surface area contributed by atoms with Crippen LogP contribution in [0.3, 0.4) is 0 Å². The molecular formula is C25H27N3O5. The number of nitrogens with zero attached hydrogens (tertiary/aromatic N) is 2. The van der Waals surface area contributed by atoms with Crippen LogP contribution < -0.4 is 10.1 Å². The third-order valence-corrected chi connectivity index (χ3v) is 5.64. The second-order valence-corrected chi connectivity index (χ2v) is 7.82. The maximum atomic E-state index is 13.5. The molecule has 3 amide bonds. The highest BCUT2D eigenvalue weighted by molar-refractivity contribution is 6.05. The number of carbonyl (C=O) groups is 3. The summed E-state index contributed by atoms with van der Waals surface area (Å²) < 4.78 is 77.2. The van der Waals surface area contributed by atoms with E-state index in [1.165, 1.54) is 0 Å². The van der Waals surface area contributed by atoms with E-state index in [4.69, 9.17) is 20.4 Å². The summed E-state index contributed by atoms with van der Waals surface area (Å²) in [5, 5.41) is 1.63. The first-order valence-electron chi connectivity index (χ1n) is 14.5. The van der Waals surface area contributed by atoms with Gasteiger partial charge < -0.3 is 14.4 Å². The number of rotatable bonds is 6. The Morgan fingerprint density at radius 1 is 1.15 bits per heavy atom. The van der Waals surface area contributed by atoms with Gasteiger partial charge in [0.25, 0.3) is 5.91 Å². The second-order valence-electron chi connectivity index (χ2n) is 7.82. The van der Waals surface area contributed by atoms with Crippen LogP contribution in [-0.2, 0) is 34.0 Å². The Morgan fingerprint density at radius 3 is 2.70 bits per heavy atom. The van der Waals surface area contributed by atoms with Crippen molar-refractivity contribution in [3.8, 4) is 5.75 Å². The molecule has 0 saturated carbocycles. The number of ether oxygens (including phenoxy) is 2. The SMILES string of the molecule is [2H]c1c([2H])c(OCc2ccc(CN3CCOCC3)cc2)c2c(c1[2H])C(=O)N(C1([2H])C(=O)NC(=O)C([2H])([2H])C1([2H])[2H])C2. The van der Waals surface area contributed by atoms with Gasteiger partial charge in [-0.2, -0.15) is 0 Å². The van der Waals surface area contributed by atoms with Crippen molar-refractivity contribution in [3.63, 3.8) is 0 Å². The molecule has 8 heteroatoms. The summed E-state index contributed by atoms with van der Waals surface area (Å²) in [6, 6.07) is 2.45.